The Balaban J connectivity index is 2.00. The van der Waals surface area contributed by atoms with E-state index >= 15 is 0 Å². The van der Waals surface area contributed by atoms with Crippen molar-refractivity contribution in [1.82, 2.24) is 5.32 Å². The zero-order chi connectivity index (χ0) is 16.3. The van der Waals surface area contributed by atoms with Gasteiger partial charge in [-0.2, -0.15) is 0 Å². The summed E-state index contributed by atoms with van der Waals surface area (Å²) >= 11 is 0. The summed E-state index contributed by atoms with van der Waals surface area (Å²) < 4.78 is 26.8. The number of benzene rings is 1. The summed E-state index contributed by atoms with van der Waals surface area (Å²) in [6.07, 6.45) is 3.92. The van der Waals surface area contributed by atoms with E-state index in [4.69, 9.17) is 5.11 Å². The molecule has 2 N–H and O–H groups in total. The van der Waals surface area contributed by atoms with Crippen molar-refractivity contribution in [3.8, 4) is 0 Å². The van der Waals surface area contributed by atoms with Crippen molar-refractivity contribution >= 4 is 11.9 Å². The molecule has 1 aromatic rings. The minimum atomic E-state index is -1.12. The Morgan fingerprint density at radius 1 is 1.45 bits per heavy atom. The van der Waals surface area contributed by atoms with Crippen LogP contribution in [0.2, 0.25) is 0 Å². The molecule has 3 atom stereocenters. The molecule has 6 heteroatoms. The van der Waals surface area contributed by atoms with Crippen LogP contribution in [0.15, 0.2) is 30.4 Å². The minimum absolute atomic E-state index is 0.167. The number of carbonyl (C=O) groups is 2. The first-order chi connectivity index (χ1) is 10.4. The fourth-order valence-electron chi connectivity index (χ4n) is 2.40. The second kappa shape index (κ2) is 6.68. The molecule has 0 aliphatic heterocycles. The largest absolute Gasteiger partial charge is 0.480 e. The summed E-state index contributed by atoms with van der Waals surface area (Å²) in [6, 6.07) is 2.13. The fraction of sp³-hybridized carbons (Fsp3) is 0.375. The lowest BCUT2D eigenvalue weighted by Crippen LogP contribution is -2.41. The number of aliphatic carboxylic acids is 1. The second-order valence-corrected chi connectivity index (χ2v) is 5.32. The minimum Gasteiger partial charge on any atom is -0.480 e. The second-order valence-electron chi connectivity index (χ2n) is 5.32. The molecule has 118 valence electrons. The molecule has 1 saturated carbocycles. The van der Waals surface area contributed by atoms with Crippen LogP contribution < -0.4 is 5.32 Å². The van der Waals surface area contributed by atoms with E-state index in [1.165, 1.54) is 0 Å². The van der Waals surface area contributed by atoms with Gasteiger partial charge in [0.2, 0.25) is 5.91 Å². The van der Waals surface area contributed by atoms with Gasteiger partial charge in [-0.25, -0.2) is 13.6 Å². The molecule has 2 rings (SSSR count). The number of rotatable bonds is 6. The average molecular weight is 309 g/mol. The Bertz CT molecular complexity index is 615. The van der Waals surface area contributed by atoms with Gasteiger partial charge in [-0.05, 0) is 49.4 Å². The predicted molar refractivity (Wildman–Crippen MR) is 76.2 cm³/mol. The molecular formula is C16H17F2NO3. The van der Waals surface area contributed by atoms with E-state index in [0.717, 1.165) is 18.2 Å². The van der Waals surface area contributed by atoms with Crippen LogP contribution in [0.5, 0.6) is 0 Å². The molecule has 1 aliphatic carbocycles. The number of allylic oxidation sites excluding steroid dienone is 1. The molecule has 1 amide bonds. The molecule has 1 aliphatic rings. The lowest BCUT2D eigenvalue weighted by molar-refractivity contribution is -0.141. The number of hydrogen-bond acceptors (Lipinski definition) is 2. The fourth-order valence-corrected chi connectivity index (χ4v) is 2.40. The SMILES string of the molecule is C/C=C/CC(NC(=O)C1CC1c1cc(F)ccc1F)C(=O)O. The van der Waals surface area contributed by atoms with Gasteiger partial charge in [0.1, 0.15) is 17.7 Å². The van der Waals surface area contributed by atoms with E-state index in [0.29, 0.717) is 6.42 Å². The number of carboxylic acid groups (broad SMARTS) is 1. The number of hydrogen-bond donors (Lipinski definition) is 2. The van der Waals surface area contributed by atoms with E-state index < -0.39 is 41.4 Å². The molecule has 0 saturated heterocycles. The van der Waals surface area contributed by atoms with Gasteiger partial charge in [0.25, 0.3) is 0 Å². The maximum absolute atomic E-state index is 13.7. The van der Waals surface area contributed by atoms with Gasteiger partial charge in [-0.3, -0.25) is 4.79 Å². The van der Waals surface area contributed by atoms with Crippen molar-refractivity contribution in [2.24, 2.45) is 5.92 Å². The lowest BCUT2D eigenvalue weighted by Gasteiger charge is -2.12. The number of carbonyl (C=O) groups excluding carboxylic acids is 1. The summed E-state index contributed by atoms with van der Waals surface area (Å²) in [6.45, 7) is 1.75. The highest BCUT2D eigenvalue weighted by atomic mass is 19.1. The summed E-state index contributed by atoms with van der Waals surface area (Å²) in [4.78, 5) is 23.1. The Morgan fingerprint density at radius 3 is 2.82 bits per heavy atom. The smallest absolute Gasteiger partial charge is 0.326 e. The van der Waals surface area contributed by atoms with Crippen molar-refractivity contribution in [2.45, 2.75) is 31.7 Å². The summed E-state index contributed by atoms with van der Waals surface area (Å²) in [5, 5.41) is 11.5. The van der Waals surface area contributed by atoms with Gasteiger partial charge in [0, 0.05) is 5.92 Å². The average Bonchev–Trinajstić information content (AvgIpc) is 3.25. The Kier molecular flexibility index (Phi) is 4.90. The first-order valence-electron chi connectivity index (χ1n) is 7.03. The first kappa shape index (κ1) is 16.1. The van der Waals surface area contributed by atoms with Gasteiger partial charge in [0.05, 0.1) is 0 Å². The zero-order valence-electron chi connectivity index (χ0n) is 12.1. The Labute approximate surface area is 126 Å². The highest BCUT2D eigenvalue weighted by Gasteiger charge is 2.46. The van der Waals surface area contributed by atoms with E-state index in [-0.39, 0.29) is 12.0 Å². The van der Waals surface area contributed by atoms with E-state index in [1.807, 2.05) is 0 Å². The normalized spacial score (nSPS) is 21.6. The van der Waals surface area contributed by atoms with Crippen LogP contribution in [0.3, 0.4) is 0 Å². The van der Waals surface area contributed by atoms with Crippen LogP contribution in [-0.4, -0.2) is 23.0 Å². The number of amides is 1. The standard InChI is InChI=1S/C16H17F2NO3/c1-2-3-4-14(16(21)22)19-15(20)12-8-10(12)11-7-9(17)5-6-13(11)18/h2-3,5-7,10,12,14H,4,8H2,1H3,(H,19,20)(H,21,22)/b3-2+. The number of halogens is 2. The Hall–Kier alpha value is -2.24. The van der Waals surface area contributed by atoms with Gasteiger partial charge >= 0.3 is 5.97 Å². The van der Waals surface area contributed by atoms with Crippen LogP contribution in [0.1, 0.15) is 31.2 Å². The van der Waals surface area contributed by atoms with Gasteiger partial charge in [0.15, 0.2) is 0 Å². The topological polar surface area (TPSA) is 66.4 Å². The highest BCUT2D eigenvalue weighted by Crippen LogP contribution is 2.48. The predicted octanol–water partition coefficient (Wildman–Crippen LogP) is 2.60. The molecule has 3 unspecified atom stereocenters. The van der Waals surface area contributed by atoms with Crippen LogP contribution in [0.25, 0.3) is 0 Å². The first-order valence-corrected chi connectivity index (χ1v) is 7.03. The van der Waals surface area contributed by atoms with Crippen LogP contribution in [-0.2, 0) is 9.59 Å². The molecule has 0 heterocycles. The molecule has 0 spiro atoms. The zero-order valence-corrected chi connectivity index (χ0v) is 12.1. The van der Waals surface area contributed by atoms with Gasteiger partial charge in [-0.1, -0.05) is 12.2 Å². The maximum Gasteiger partial charge on any atom is 0.326 e. The van der Waals surface area contributed by atoms with E-state index in [1.54, 1.807) is 19.1 Å². The van der Waals surface area contributed by atoms with Crippen molar-refractivity contribution in [3.63, 3.8) is 0 Å². The maximum atomic E-state index is 13.7. The number of carboxylic acids is 1. The highest BCUT2D eigenvalue weighted by molar-refractivity contribution is 5.87. The van der Waals surface area contributed by atoms with Crippen LogP contribution >= 0.6 is 0 Å². The van der Waals surface area contributed by atoms with Crippen LogP contribution in [0.4, 0.5) is 8.78 Å². The summed E-state index contributed by atoms with van der Waals surface area (Å²) in [5.74, 6) is -3.58. The van der Waals surface area contributed by atoms with Gasteiger partial charge in [-0.15, -0.1) is 0 Å². The molecular weight excluding hydrogens is 292 g/mol. The van der Waals surface area contributed by atoms with Crippen molar-refractivity contribution in [1.29, 1.82) is 0 Å². The molecule has 0 aromatic heterocycles. The molecule has 1 aromatic carbocycles. The molecule has 0 radical (unpaired) electrons. The third-order valence-electron chi connectivity index (χ3n) is 3.71. The van der Waals surface area contributed by atoms with Gasteiger partial charge < -0.3 is 10.4 Å². The molecule has 22 heavy (non-hydrogen) atoms. The van der Waals surface area contributed by atoms with Crippen LogP contribution in [0, 0.1) is 17.6 Å². The number of nitrogens with one attached hydrogen (secondary N) is 1. The van der Waals surface area contributed by atoms with E-state index in [2.05, 4.69) is 5.32 Å². The molecule has 4 nitrogen and oxygen atoms in total. The molecule has 0 bridgehead atoms. The third-order valence-corrected chi connectivity index (χ3v) is 3.71. The quantitative estimate of drug-likeness (QED) is 0.794. The molecule has 1 fully saturated rings. The lowest BCUT2D eigenvalue weighted by atomic mass is 10.1. The van der Waals surface area contributed by atoms with Crippen molar-refractivity contribution in [2.75, 3.05) is 0 Å². The van der Waals surface area contributed by atoms with E-state index in [9.17, 15) is 18.4 Å². The monoisotopic (exact) mass is 309 g/mol. The summed E-state index contributed by atoms with van der Waals surface area (Å²) in [7, 11) is 0. The Morgan fingerprint density at radius 2 is 2.18 bits per heavy atom. The summed E-state index contributed by atoms with van der Waals surface area (Å²) in [5.41, 5.74) is 0.167. The van der Waals surface area contributed by atoms with Crippen molar-refractivity contribution < 1.29 is 23.5 Å². The third kappa shape index (κ3) is 3.69. The van der Waals surface area contributed by atoms with Crippen molar-refractivity contribution in [3.05, 3.63) is 47.5 Å².